The van der Waals surface area contributed by atoms with Crippen LogP contribution in [0.2, 0.25) is 0 Å². The first-order valence-corrected chi connectivity index (χ1v) is 10.5. The second-order valence-electron chi connectivity index (χ2n) is 6.71. The molecule has 0 saturated carbocycles. The van der Waals surface area contributed by atoms with Gasteiger partial charge < -0.3 is 10.1 Å². The lowest BCUT2D eigenvalue weighted by atomic mass is 10.1. The number of aryl methyl sites for hydroxylation is 1. The summed E-state index contributed by atoms with van der Waals surface area (Å²) in [6, 6.07) is 15.2. The number of rotatable bonds is 9. The van der Waals surface area contributed by atoms with E-state index in [0.717, 1.165) is 11.1 Å². The fourth-order valence-corrected chi connectivity index (χ4v) is 3.86. The Morgan fingerprint density at radius 1 is 1.17 bits per heavy atom. The fraction of sp³-hybridized carbons (Fsp3) is 0.318. The molecule has 0 radical (unpaired) electrons. The quantitative estimate of drug-likeness (QED) is 0.333. The topological polar surface area (TPSA) is 73.2 Å². The third-order valence-corrected chi connectivity index (χ3v) is 5.60. The summed E-state index contributed by atoms with van der Waals surface area (Å²) in [6.45, 7) is 3.56. The van der Waals surface area contributed by atoms with Gasteiger partial charge in [-0.25, -0.2) is 4.98 Å². The number of hydrogen-bond donors (Lipinski definition) is 1. The molecule has 0 aliphatic heterocycles. The number of para-hydroxylation sites is 1. The molecule has 3 aromatic rings. The van der Waals surface area contributed by atoms with Crippen LogP contribution in [0.3, 0.4) is 0 Å². The number of ether oxygens (including phenoxy) is 1. The highest BCUT2D eigenvalue weighted by Crippen LogP contribution is 2.18. The average molecular weight is 412 g/mol. The van der Waals surface area contributed by atoms with Crippen molar-refractivity contribution in [3.05, 3.63) is 70.0 Å². The number of hydrogen-bond acceptors (Lipinski definition) is 5. The van der Waals surface area contributed by atoms with E-state index in [9.17, 15) is 9.59 Å². The molecule has 0 saturated heterocycles. The molecule has 0 fully saturated rings. The highest BCUT2D eigenvalue weighted by molar-refractivity contribution is 7.99. The van der Waals surface area contributed by atoms with Gasteiger partial charge in [-0.1, -0.05) is 48.2 Å². The second-order valence-corrected chi connectivity index (χ2v) is 7.65. The van der Waals surface area contributed by atoms with Crippen LogP contribution < -0.4 is 10.9 Å². The van der Waals surface area contributed by atoms with Crippen LogP contribution in [0.4, 0.5) is 0 Å². The Morgan fingerprint density at radius 3 is 2.72 bits per heavy atom. The molecular formula is C22H25N3O3S. The molecule has 0 aliphatic carbocycles. The van der Waals surface area contributed by atoms with Crippen LogP contribution in [0, 0.1) is 6.92 Å². The van der Waals surface area contributed by atoms with Crippen LogP contribution in [0.15, 0.2) is 58.5 Å². The van der Waals surface area contributed by atoms with Crippen LogP contribution >= 0.6 is 11.8 Å². The first kappa shape index (κ1) is 21.1. The normalized spacial score (nSPS) is 11.0. The lowest BCUT2D eigenvalue weighted by Crippen LogP contribution is -2.27. The maximum atomic E-state index is 12.9. The third-order valence-electron chi connectivity index (χ3n) is 4.63. The number of amides is 1. The Bertz CT molecular complexity index is 1050. The van der Waals surface area contributed by atoms with Gasteiger partial charge >= 0.3 is 0 Å². The van der Waals surface area contributed by atoms with E-state index < -0.39 is 0 Å². The molecule has 1 heterocycles. The largest absolute Gasteiger partial charge is 0.385 e. The SMILES string of the molecule is COCCCn1c(SCC(=O)NCc2ccccc2C)nc2ccccc2c1=O. The van der Waals surface area contributed by atoms with Gasteiger partial charge in [0.25, 0.3) is 5.56 Å². The molecular weight excluding hydrogens is 386 g/mol. The third kappa shape index (κ3) is 5.46. The van der Waals surface area contributed by atoms with E-state index in [1.165, 1.54) is 11.8 Å². The van der Waals surface area contributed by atoms with Crippen molar-refractivity contribution in [1.82, 2.24) is 14.9 Å². The number of nitrogens with zero attached hydrogens (tertiary/aromatic N) is 2. The molecule has 0 unspecified atom stereocenters. The number of methoxy groups -OCH3 is 1. The zero-order valence-corrected chi connectivity index (χ0v) is 17.5. The van der Waals surface area contributed by atoms with Gasteiger partial charge in [0.2, 0.25) is 5.91 Å². The molecule has 0 atom stereocenters. The minimum atomic E-state index is -0.0934. The van der Waals surface area contributed by atoms with Gasteiger partial charge in [0.05, 0.1) is 16.7 Å². The minimum Gasteiger partial charge on any atom is -0.385 e. The number of carbonyl (C=O) groups excluding carboxylic acids is 1. The summed E-state index contributed by atoms with van der Waals surface area (Å²) in [6.07, 6.45) is 0.698. The van der Waals surface area contributed by atoms with Crippen LogP contribution in [-0.2, 0) is 22.6 Å². The summed E-state index contributed by atoms with van der Waals surface area (Å²) >= 11 is 1.28. The smallest absolute Gasteiger partial charge is 0.262 e. The maximum absolute atomic E-state index is 12.9. The number of fused-ring (bicyclic) bond motifs is 1. The Labute approximate surface area is 174 Å². The number of benzene rings is 2. The zero-order valence-electron chi connectivity index (χ0n) is 16.7. The molecule has 3 rings (SSSR count). The van der Waals surface area contributed by atoms with Gasteiger partial charge in [-0.2, -0.15) is 0 Å². The van der Waals surface area contributed by atoms with Crippen LogP contribution in [0.25, 0.3) is 10.9 Å². The zero-order chi connectivity index (χ0) is 20.6. The molecule has 0 bridgehead atoms. The summed E-state index contributed by atoms with van der Waals surface area (Å²) < 4.78 is 6.75. The molecule has 7 heteroatoms. The summed E-state index contributed by atoms with van der Waals surface area (Å²) in [4.78, 5) is 29.9. The summed E-state index contributed by atoms with van der Waals surface area (Å²) in [5, 5.41) is 4.07. The lowest BCUT2D eigenvalue weighted by Gasteiger charge is -2.13. The van der Waals surface area contributed by atoms with Gasteiger partial charge in [0.15, 0.2) is 5.16 Å². The molecule has 0 aliphatic rings. The van der Waals surface area contributed by atoms with Crippen molar-refractivity contribution in [2.24, 2.45) is 0 Å². The number of carbonyl (C=O) groups is 1. The van der Waals surface area contributed by atoms with Gasteiger partial charge in [-0.15, -0.1) is 0 Å². The molecule has 0 spiro atoms. The van der Waals surface area contributed by atoms with Crippen molar-refractivity contribution in [1.29, 1.82) is 0 Å². The second kappa shape index (κ2) is 10.2. The predicted octanol–water partition coefficient (Wildman–Crippen LogP) is 3.15. The van der Waals surface area contributed by atoms with Crippen LogP contribution in [0.1, 0.15) is 17.5 Å². The number of thioether (sulfide) groups is 1. The Balaban J connectivity index is 1.72. The minimum absolute atomic E-state index is 0.0884. The molecule has 2 aromatic carbocycles. The summed E-state index contributed by atoms with van der Waals surface area (Å²) in [5.41, 5.74) is 2.78. The van der Waals surface area contributed by atoms with Crippen molar-refractivity contribution in [3.8, 4) is 0 Å². The number of aromatic nitrogens is 2. The molecule has 152 valence electrons. The molecule has 1 N–H and O–H groups in total. The van der Waals surface area contributed by atoms with Crippen molar-refractivity contribution in [2.75, 3.05) is 19.5 Å². The fourth-order valence-electron chi connectivity index (χ4n) is 3.01. The van der Waals surface area contributed by atoms with Crippen molar-refractivity contribution < 1.29 is 9.53 Å². The first-order valence-electron chi connectivity index (χ1n) is 9.52. The highest BCUT2D eigenvalue weighted by Gasteiger charge is 2.13. The predicted molar refractivity (Wildman–Crippen MR) is 116 cm³/mol. The number of nitrogens with one attached hydrogen (secondary N) is 1. The highest BCUT2D eigenvalue weighted by atomic mass is 32.2. The Hall–Kier alpha value is -2.64. The van der Waals surface area contributed by atoms with Crippen molar-refractivity contribution in [3.63, 3.8) is 0 Å². The van der Waals surface area contributed by atoms with E-state index in [0.29, 0.717) is 42.2 Å². The van der Waals surface area contributed by atoms with Crippen molar-refractivity contribution >= 4 is 28.6 Å². The summed E-state index contributed by atoms with van der Waals surface area (Å²) in [7, 11) is 1.63. The van der Waals surface area contributed by atoms with E-state index in [-0.39, 0.29) is 17.2 Å². The summed E-state index contributed by atoms with van der Waals surface area (Å²) in [5.74, 6) is 0.102. The molecule has 6 nitrogen and oxygen atoms in total. The van der Waals surface area contributed by atoms with Gasteiger partial charge in [0.1, 0.15) is 0 Å². The van der Waals surface area contributed by atoms with E-state index in [4.69, 9.17) is 4.74 Å². The monoisotopic (exact) mass is 411 g/mol. The first-order chi connectivity index (χ1) is 14.1. The Kier molecular flexibility index (Phi) is 7.43. The van der Waals surface area contributed by atoms with E-state index in [1.807, 2.05) is 49.4 Å². The standard InChI is InChI=1S/C22H25N3O3S/c1-16-8-3-4-9-17(16)14-23-20(26)15-29-22-24-19-11-6-5-10-18(19)21(27)25(22)12-7-13-28-2/h3-6,8-11H,7,12-15H2,1-2H3,(H,23,26). The van der Waals surface area contributed by atoms with Gasteiger partial charge in [-0.05, 0) is 36.6 Å². The van der Waals surface area contributed by atoms with E-state index in [1.54, 1.807) is 17.7 Å². The Morgan fingerprint density at radius 2 is 1.93 bits per heavy atom. The van der Waals surface area contributed by atoms with Crippen LogP contribution in [-0.4, -0.2) is 34.9 Å². The van der Waals surface area contributed by atoms with E-state index in [2.05, 4.69) is 10.3 Å². The van der Waals surface area contributed by atoms with Crippen LogP contribution in [0.5, 0.6) is 0 Å². The van der Waals surface area contributed by atoms with Crippen molar-refractivity contribution in [2.45, 2.75) is 31.6 Å². The molecule has 1 aromatic heterocycles. The maximum Gasteiger partial charge on any atom is 0.262 e. The van der Waals surface area contributed by atoms with Gasteiger partial charge in [-0.3, -0.25) is 14.2 Å². The molecule has 1 amide bonds. The lowest BCUT2D eigenvalue weighted by molar-refractivity contribution is -0.118. The van der Waals surface area contributed by atoms with Gasteiger partial charge in [0, 0.05) is 26.8 Å². The van der Waals surface area contributed by atoms with E-state index >= 15 is 0 Å². The molecule has 29 heavy (non-hydrogen) atoms. The average Bonchev–Trinajstić information content (AvgIpc) is 2.73.